The Morgan fingerprint density at radius 1 is 1.31 bits per heavy atom. The quantitative estimate of drug-likeness (QED) is 0.695. The second-order valence-electron chi connectivity index (χ2n) is 7.08. The molecule has 29 heavy (non-hydrogen) atoms. The SMILES string of the molecule is Cc1cc(NC(=O)CN2CCNCC2c2cccnc2)n(-c2ccc(F)cc2)n1. The third-order valence-corrected chi connectivity index (χ3v) is 4.94. The highest BCUT2D eigenvalue weighted by molar-refractivity contribution is 5.91. The minimum Gasteiger partial charge on any atom is -0.314 e. The van der Waals surface area contributed by atoms with Crippen LogP contribution in [0.4, 0.5) is 10.2 Å². The van der Waals surface area contributed by atoms with Gasteiger partial charge in [0.15, 0.2) is 0 Å². The molecule has 0 aliphatic carbocycles. The standard InChI is InChI=1S/C21H23FN6O/c1-15-11-20(28(26-15)18-6-4-17(22)5-7-18)25-21(29)14-27-10-9-24-13-19(27)16-3-2-8-23-12-16/h2-8,11-12,19,24H,9-10,13-14H2,1H3,(H,25,29). The number of aryl methyl sites for hydroxylation is 1. The van der Waals surface area contributed by atoms with Gasteiger partial charge in [0, 0.05) is 44.1 Å². The van der Waals surface area contributed by atoms with Crippen molar-refractivity contribution in [3.8, 4) is 5.69 Å². The van der Waals surface area contributed by atoms with Gasteiger partial charge < -0.3 is 10.6 Å². The van der Waals surface area contributed by atoms with Gasteiger partial charge in [-0.15, -0.1) is 0 Å². The first kappa shape index (κ1) is 19.2. The molecule has 2 N–H and O–H groups in total. The zero-order valence-electron chi connectivity index (χ0n) is 16.2. The molecule has 1 aliphatic rings. The van der Waals surface area contributed by atoms with Gasteiger partial charge in [-0.3, -0.25) is 14.7 Å². The summed E-state index contributed by atoms with van der Waals surface area (Å²) in [5.41, 5.74) is 2.53. The van der Waals surface area contributed by atoms with Crippen molar-refractivity contribution in [3.05, 3.63) is 71.9 Å². The number of rotatable bonds is 5. The van der Waals surface area contributed by atoms with Gasteiger partial charge in [0.25, 0.3) is 0 Å². The van der Waals surface area contributed by atoms with Crippen LogP contribution in [0.15, 0.2) is 54.9 Å². The van der Waals surface area contributed by atoms with E-state index in [2.05, 4.69) is 25.6 Å². The number of carbonyl (C=O) groups is 1. The van der Waals surface area contributed by atoms with Gasteiger partial charge in [-0.05, 0) is 42.8 Å². The van der Waals surface area contributed by atoms with Gasteiger partial charge in [-0.2, -0.15) is 5.10 Å². The smallest absolute Gasteiger partial charge is 0.239 e. The Labute approximate surface area is 168 Å². The van der Waals surface area contributed by atoms with Crippen molar-refractivity contribution in [2.24, 2.45) is 0 Å². The van der Waals surface area contributed by atoms with E-state index in [0.29, 0.717) is 11.5 Å². The lowest BCUT2D eigenvalue weighted by atomic mass is 10.1. The molecule has 150 valence electrons. The number of amides is 1. The molecule has 3 heterocycles. The van der Waals surface area contributed by atoms with E-state index in [1.807, 2.05) is 25.3 Å². The van der Waals surface area contributed by atoms with Crippen molar-refractivity contribution in [2.75, 3.05) is 31.5 Å². The summed E-state index contributed by atoms with van der Waals surface area (Å²) in [5, 5.41) is 10.8. The van der Waals surface area contributed by atoms with Crippen LogP contribution >= 0.6 is 0 Å². The number of nitrogens with one attached hydrogen (secondary N) is 2. The molecule has 1 fully saturated rings. The topological polar surface area (TPSA) is 75.1 Å². The third kappa shape index (κ3) is 4.49. The summed E-state index contributed by atoms with van der Waals surface area (Å²) in [5.74, 6) is 0.125. The fraction of sp³-hybridized carbons (Fsp3) is 0.286. The molecule has 3 aromatic rings. The van der Waals surface area contributed by atoms with E-state index in [4.69, 9.17) is 0 Å². The predicted molar refractivity (Wildman–Crippen MR) is 108 cm³/mol. The normalized spacial score (nSPS) is 17.2. The average Bonchev–Trinajstić information content (AvgIpc) is 3.09. The van der Waals surface area contributed by atoms with Crippen LogP contribution in [0.25, 0.3) is 5.69 Å². The monoisotopic (exact) mass is 394 g/mol. The molecule has 7 nitrogen and oxygen atoms in total. The third-order valence-electron chi connectivity index (χ3n) is 4.94. The molecule has 1 atom stereocenters. The fourth-order valence-corrected chi connectivity index (χ4v) is 3.57. The Kier molecular flexibility index (Phi) is 5.64. The van der Waals surface area contributed by atoms with Crippen molar-refractivity contribution < 1.29 is 9.18 Å². The molecule has 0 radical (unpaired) electrons. The van der Waals surface area contributed by atoms with Crippen LogP contribution in [0.3, 0.4) is 0 Å². The van der Waals surface area contributed by atoms with E-state index in [0.717, 1.165) is 30.9 Å². The van der Waals surface area contributed by atoms with Crippen molar-refractivity contribution in [1.29, 1.82) is 0 Å². The molecule has 1 aliphatic heterocycles. The number of pyridine rings is 1. The first-order valence-electron chi connectivity index (χ1n) is 9.57. The summed E-state index contributed by atoms with van der Waals surface area (Å²) in [6.45, 7) is 4.48. The largest absolute Gasteiger partial charge is 0.314 e. The Balaban J connectivity index is 1.49. The zero-order valence-corrected chi connectivity index (χ0v) is 16.2. The Bertz CT molecular complexity index is 973. The number of nitrogens with zero attached hydrogens (tertiary/aromatic N) is 4. The molecule has 1 saturated heterocycles. The first-order chi connectivity index (χ1) is 14.1. The van der Waals surface area contributed by atoms with E-state index >= 15 is 0 Å². The maximum absolute atomic E-state index is 13.2. The second kappa shape index (κ2) is 8.50. The average molecular weight is 394 g/mol. The van der Waals surface area contributed by atoms with Crippen LogP contribution in [0.5, 0.6) is 0 Å². The Hall–Kier alpha value is -3.10. The lowest BCUT2D eigenvalue weighted by Crippen LogP contribution is -2.48. The molecule has 4 rings (SSSR count). The molecule has 1 amide bonds. The van der Waals surface area contributed by atoms with Crippen molar-refractivity contribution in [3.63, 3.8) is 0 Å². The molecule has 0 bridgehead atoms. The molecular weight excluding hydrogens is 371 g/mol. The van der Waals surface area contributed by atoms with Crippen LogP contribution in [-0.4, -0.2) is 51.8 Å². The molecule has 8 heteroatoms. The maximum atomic E-state index is 13.2. The predicted octanol–water partition coefficient (Wildman–Crippen LogP) is 2.30. The van der Waals surface area contributed by atoms with Crippen LogP contribution < -0.4 is 10.6 Å². The minimum absolute atomic E-state index is 0.0898. The van der Waals surface area contributed by atoms with Crippen LogP contribution in [0.2, 0.25) is 0 Å². The number of hydrogen-bond acceptors (Lipinski definition) is 5. The summed E-state index contributed by atoms with van der Waals surface area (Å²) in [4.78, 5) is 19.2. The molecule has 1 aromatic carbocycles. The van der Waals surface area contributed by atoms with E-state index < -0.39 is 0 Å². The second-order valence-corrected chi connectivity index (χ2v) is 7.08. The number of halogens is 1. The highest BCUT2D eigenvalue weighted by Gasteiger charge is 2.26. The molecule has 0 saturated carbocycles. The highest BCUT2D eigenvalue weighted by Crippen LogP contribution is 2.22. The minimum atomic E-state index is -0.316. The maximum Gasteiger partial charge on any atom is 0.239 e. The van der Waals surface area contributed by atoms with Gasteiger partial charge in [0.2, 0.25) is 5.91 Å². The van der Waals surface area contributed by atoms with E-state index in [9.17, 15) is 9.18 Å². The summed E-state index contributed by atoms with van der Waals surface area (Å²) in [6.07, 6.45) is 3.59. The van der Waals surface area contributed by atoms with Crippen LogP contribution in [-0.2, 0) is 4.79 Å². The van der Waals surface area contributed by atoms with Gasteiger partial charge >= 0.3 is 0 Å². The first-order valence-corrected chi connectivity index (χ1v) is 9.57. The van der Waals surface area contributed by atoms with Gasteiger partial charge in [-0.1, -0.05) is 6.07 Å². The van der Waals surface area contributed by atoms with Crippen molar-refractivity contribution in [1.82, 2.24) is 25.0 Å². The Morgan fingerprint density at radius 2 is 2.14 bits per heavy atom. The van der Waals surface area contributed by atoms with Crippen LogP contribution in [0.1, 0.15) is 17.3 Å². The van der Waals surface area contributed by atoms with Crippen molar-refractivity contribution in [2.45, 2.75) is 13.0 Å². The summed E-state index contributed by atoms with van der Waals surface area (Å²) >= 11 is 0. The number of aromatic nitrogens is 3. The van der Waals surface area contributed by atoms with E-state index in [1.54, 1.807) is 29.1 Å². The highest BCUT2D eigenvalue weighted by atomic mass is 19.1. The molecule has 0 spiro atoms. The Morgan fingerprint density at radius 3 is 2.90 bits per heavy atom. The number of piperazine rings is 1. The zero-order chi connectivity index (χ0) is 20.2. The van der Waals surface area contributed by atoms with Crippen LogP contribution in [0, 0.1) is 12.7 Å². The molecule has 1 unspecified atom stereocenters. The molecule has 2 aromatic heterocycles. The number of anilines is 1. The lowest BCUT2D eigenvalue weighted by Gasteiger charge is -2.35. The summed E-state index contributed by atoms with van der Waals surface area (Å²) in [7, 11) is 0. The number of hydrogen-bond donors (Lipinski definition) is 2. The van der Waals surface area contributed by atoms with Gasteiger partial charge in [0.1, 0.15) is 11.6 Å². The molecular formula is C21H23FN6O. The van der Waals surface area contributed by atoms with Crippen molar-refractivity contribution >= 4 is 11.7 Å². The number of benzene rings is 1. The summed E-state index contributed by atoms with van der Waals surface area (Å²) < 4.78 is 14.9. The van der Waals surface area contributed by atoms with E-state index in [1.165, 1.54) is 12.1 Å². The lowest BCUT2D eigenvalue weighted by molar-refractivity contribution is -0.118. The van der Waals surface area contributed by atoms with Gasteiger partial charge in [-0.25, -0.2) is 9.07 Å². The number of carbonyl (C=O) groups excluding carboxylic acids is 1. The summed E-state index contributed by atoms with van der Waals surface area (Å²) in [6, 6.07) is 11.8. The fourth-order valence-electron chi connectivity index (χ4n) is 3.57. The van der Waals surface area contributed by atoms with Gasteiger partial charge in [0.05, 0.1) is 17.9 Å². The van der Waals surface area contributed by atoms with E-state index in [-0.39, 0.29) is 24.3 Å².